The Morgan fingerprint density at radius 1 is 0.929 bits per heavy atom. The van der Waals surface area contributed by atoms with Crippen LogP contribution in [0.15, 0.2) is 54.6 Å². The summed E-state index contributed by atoms with van der Waals surface area (Å²) >= 11 is 6.08. The van der Waals surface area contributed by atoms with Crippen LogP contribution in [0.5, 0.6) is 0 Å². The SMILES string of the molecule is O=C1C[C@H](c2ccccc2)C(=O)N1C[NH+]1CC[NH+](Cc2cccc(Cl)c2)CC1. The van der Waals surface area contributed by atoms with Gasteiger partial charge in [0.2, 0.25) is 11.8 Å². The first-order valence-corrected chi connectivity index (χ1v) is 10.3. The van der Waals surface area contributed by atoms with E-state index in [2.05, 4.69) is 6.07 Å². The van der Waals surface area contributed by atoms with E-state index in [-0.39, 0.29) is 17.7 Å². The van der Waals surface area contributed by atoms with Gasteiger partial charge in [-0.05, 0) is 17.7 Å². The van der Waals surface area contributed by atoms with E-state index in [1.807, 2.05) is 48.5 Å². The summed E-state index contributed by atoms with van der Waals surface area (Å²) in [7, 11) is 0. The first-order chi connectivity index (χ1) is 13.6. The molecule has 6 heteroatoms. The van der Waals surface area contributed by atoms with Crippen molar-refractivity contribution in [1.82, 2.24) is 4.90 Å². The minimum atomic E-state index is -0.317. The van der Waals surface area contributed by atoms with Gasteiger partial charge in [-0.3, -0.25) is 9.59 Å². The van der Waals surface area contributed by atoms with E-state index in [9.17, 15) is 9.59 Å². The van der Waals surface area contributed by atoms with E-state index in [4.69, 9.17) is 11.6 Å². The summed E-state index contributed by atoms with van der Waals surface area (Å²) in [4.78, 5) is 29.6. The van der Waals surface area contributed by atoms with Crippen molar-refractivity contribution in [2.45, 2.75) is 18.9 Å². The van der Waals surface area contributed by atoms with Crippen LogP contribution < -0.4 is 9.80 Å². The maximum Gasteiger partial charge on any atom is 0.241 e. The molecule has 2 amide bonds. The highest BCUT2D eigenvalue weighted by atomic mass is 35.5. The Kier molecular flexibility index (Phi) is 5.76. The molecule has 0 aromatic heterocycles. The lowest BCUT2D eigenvalue weighted by Crippen LogP contribution is -3.28. The topological polar surface area (TPSA) is 46.3 Å². The second-order valence-corrected chi connectivity index (χ2v) is 8.23. The van der Waals surface area contributed by atoms with Gasteiger partial charge in [0.25, 0.3) is 0 Å². The second kappa shape index (κ2) is 8.43. The van der Waals surface area contributed by atoms with E-state index in [0.717, 1.165) is 43.3 Å². The number of imide groups is 1. The molecule has 0 aliphatic carbocycles. The molecule has 0 unspecified atom stereocenters. The van der Waals surface area contributed by atoms with Crippen molar-refractivity contribution in [1.29, 1.82) is 0 Å². The van der Waals surface area contributed by atoms with Crippen LogP contribution in [0, 0.1) is 0 Å². The van der Waals surface area contributed by atoms with Crippen LogP contribution in [0.3, 0.4) is 0 Å². The zero-order valence-electron chi connectivity index (χ0n) is 15.9. The summed E-state index contributed by atoms with van der Waals surface area (Å²) in [5.41, 5.74) is 2.19. The van der Waals surface area contributed by atoms with Crippen LogP contribution in [0.4, 0.5) is 0 Å². The molecule has 2 aliphatic heterocycles. The number of benzene rings is 2. The lowest BCUT2D eigenvalue weighted by atomic mass is 9.98. The van der Waals surface area contributed by atoms with Crippen molar-refractivity contribution >= 4 is 23.4 Å². The molecule has 2 aromatic rings. The number of quaternary nitrogens is 2. The van der Waals surface area contributed by atoms with Crippen LogP contribution in [0.1, 0.15) is 23.5 Å². The quantitative estimate of drug-likeness (QED) is 0.702. The first kappa shape index (κ1) is 19.1. The molecule has 2 N–H and O–H groups in total. The van der Waals surface area contributed by atoms with Gasteiger partial charge in [0.05, 0.1) is 5.92 Å². The largest absolute Gasteiger partial charge is 0.322 e. The highest BCUT2D eigenvalue weighted by Gasteiger charge is 2.41. The van der Waals surface area contributed by atoms with Crippen molar-refractivity contribution in [3.8, 4) is 0 Å². The summed E-state index contributed by atoms with van der Waals surface area (Å²) in [6.07, 6.45) is 0.294. The molecular weight excluding hydrogens is 374 g/mol. The van der Waals surface area contributed by atoms with Crippen LogP contribution in [-0.2, 0) is 16.1 Å². The lowest BCUT2D eigenvalue weighted by Gasteiger charge is -2.31. The molecule has 4 rings (SSSR count). The summed E-state index contributed by atoms with van der Waals surface area (Å²) in [6.45, 7) is 5.43. The van der Waals surface area contributed by atoms with Crippen molar-refractivity contribution in [3.05, 3.63) is 70.7 Å². The second-order valence-electron chi connectivity index (χ2n) is 7.79. The Morgan fingerprint density at radius 3 is 2.36 bits per heavy atom. The van der Waals surface area contributed by atoms with E-state index in [0.29, 0.717) is 13.1 Å². The number of amides is 2. The fourth-order valence-electron chi connectivity index (χ4n) is 4.25. The monoisotopic (exact) mass is 399 g/mol. The van der Waals surface area contributed by atoms with E-state index >= 15 is 0 Å². The normalized spacial score (nSPS) is 25.3. The molecule has 5 nitrogen and oxygen atoms in total. The van der Waals surface area contributed by atoms with E-state index in [1.165, 1.54) is 20.3 Å². The average Bonchev–Trinajstić information content (AvgIpc) is 2.98. The van der Waals surface area contributed by atoms with E-state index in [1.54, 1.807) is 0 Å². The Morgan fingerprint density at radius 2 is 1.64 bits per heavy atom. The number of nitrogens with one attached hydrogen (secondary N) is 2. The molecule has 2 aromatic carbocycles. The molecule has 1 atom stereocenters. The fourth-order valence-corrected chi connectivity index (χ4v) is 4.46. The molecule has 0 bridgehead atoms. The Hall–Kier alpha value is -2.21. The first-order valence-electron chi connectivity index (χ1n) is 9.91. The predicted molar refractivity (Wildman–Crippen MR) is 107 cm³/mol. The fraction of sp³-hybridized carbons (Fsp3) is 0.364. The summed E-state index contributed by atoms with van der Waals surface area (Å²) in [5, 5.41) is 0.778. The van der Waals surface area contributed by atoms with Crippen LogP contribution in [-0.4, -0.2) is 49.6 Å². The van der Waals surface area contributed by atoms with Gasteiger partial charge in [-0.25, -0.2) is 4.90 Å². The minimum absolute atomic E-state index is 0.0416. The number of halogens is 1. The standard InChI is InChI=1S/C22H24ClN3O2/c23-19-8-4-5-17(13-19)15-24-9-11-25(12-10-24)16-26-21(27)14-20(22(26)28)18-6-2-1-3-7-18/h1-8,13,20H,9-12,14-16H2/p+2/t20-/m1/s1. The third kappa shape index (κ3) is 4.27. The molecule has 146 valence electrons. The van der Waals surface area contributed by atoms with Gasteiger partial charge in [0, 0.05) is 17.0 Å². The molecule has 0 saturated carbocycles. The number of hydrogen-bond acceptors (Lipinski definition) is 2. The smallest absolute Gasteiger partial charge is 0.241 e. The van der Waals surface area contributed by atoms with Crippen molar-refractivity contribution < 1.29 is 19.4 Å². The van der Waals surface area contributed by atoms with Crippen LogP contribution >= 0.6 is 11.6 Å². The number of likely N-dealkylation sites (tertiary alicyclic amines) is 1. The van der Waals surface area contributed by atoms with Crippen molar-refractivity contribution in [3.63, 3.8) is 0 Å². The summed E-state index contributed by atoms with van der Waals surface area (Å²) < 4.78 is 0. The van der Waals surface area contributed by atoms with Gasteiger partial charge in [-0.2, -0.15) is 0 Å². The van der Waals surface area contributed by atoms with Gasteiger partial charge in [0.15, 0.2) is 6.67 Å². The summed E-state index contributed by atoms with van der Waals surface area (Å²) in [6, 6.07) is 17.7. The maximum atomic E-state index is 12.8. The average molecular weight is 400 g/mol. The zero-order chi connectivity index (χ0) is 19.5. The van der Waals surface area contributed by atoms with Crippen LogP contribution in [0.2, 0.25) is 5.02 Å². The Bertz CT molecular complexity index is 850. The highest BCUT2D eigenvalue weighted by Crippen LogP contribution is 2.28. The van der Waals surface area contributed by atoms with Gasteiger partial charge >= 0.3 is 0 Å². The molecule has 2 fully saturated rings. The van der Waals surface area contributed by atoms with E-state index < -0.39 is 0 Å². The number of hydrogen-bond donors (Lipinski definition) is 2. The summed E-state index contributed by atoms with van der Waals surface area (Å²) in [5.74, 6) is -0.402. The van der Waals surface area contributed by atoms with Gasteiger partial charge in [-0.15, -0.1) is 0 Å². The Labute approximate surface area is 170 Å². The lowest BCUT2D eigenvalue weighted by molar-refractivity contribution is -1.02. The molecule has 28 heavy (non-hydrogen) atoms. The van der Waals surface area contributed by atoms with Gasteiger partial charge < -0.3 is 9.80 Å². The number of carbonyl (C=O) groups is 2. The maximum absolute atomic E-state index is 12.8. The predicted octanol–water partition coefficient (Wildman–Crippen LogP) is 0.124. The molecule has 2 saturated heterocycles. The third-order valence-electron chi connectivity index (χ3n) is 5.83. The van der Waals surface area contributed by atoms with Crippen molar-refractivity contribution in [2.24, 2.45) is 0 Å². The minimum Gasteiger partial charge on any atom is -0.322 e. The zero-order valence-corrected chi connectivity index (χ0v) is 16.6. The Balaban J connectivity index is 1.31. The van der Waals surface area contributed by atoms with Crippen molar-refractivity contribution in [2.75, 3.05) is 32.8 Å². The van der Waals surface area contributed by atoms with Crippen LogP contribution in [0.25, 0.3) is 0 Å². The molecule has 0 radical (unpaired) electrons. The number of piperazine rings is 1. The van der Waals surface area contributed by atoms with Gasteiger partial charge in [-0.1, -0.05) is 54.1 Å². The number of rotatable bonds is 5. The van der Waals surface area contributed by atoms with Gasteiger partial charge in [0.1, 0.15) is 32.7 Å². The number of carbonyl (C=O) groups excluding carboxylic acids is 2. The highest BCUT2D eigenvalue weighted by molar-refractivity contribution is 6.30. The molecule has 2 aliphatic rings. The third-order valence-corrected chi connectivity index (χ3v) is 6.07. The number of nitrogens with zero attached hydrogens (tertiary/aromatic N) is 1. The molecule has 0 spiro atoms. The molecule has 2 heterocycles. The molecular formula is C22H26ClN3O2+2.